The van der Waals surface area contributed by atoms with E-state index < -0.39 is 6.10 Å². The van der Waals surface area contributed by atoms with Crippen molar-refractivity contribution >= 4 is 17.9 Å². The fourth-order valence-electron chi connectivity index (χ4n) is 10.8. The summed E-state index contributed by atoms with van der Waals surface area (Å²) in [6.45, 7) is 6.64. The van der Waals surface area contributed by atoms with Crippen molar-refractivity contribution in [3.63, 3.8) is 0 Å². The van der Waals surface area contributed by atoms with E-state index in [1.807, 2.05) is 0 Å². The Morgan fingerprint density at radius 2 is 0.456 bits per heavy atom. The van der Waals surface area contributed by atoms with Gasteiger partial charge in [0.25, 0.3) is 0 Å². The molecule has 0 fully saturated rings. The van der Waals surface area contributed by atoms with Gasteiger partial charge in [0.15, 0.2) is 6.10 Å². The Hall–Kier alpha value is -2.37. The minimum absolute atomic E-state index is 0.0657. The first-order chi connectivity index (χ1) is 39.0. The molecule has 0 aromatic carbocycles. The molecule has 0 N–H and O–H groups in total. The van der Waals surface area contributed by atoms with Crippen molar-refractivity contribution in [1.29, 1.82) is 0 Å². The third kappa shape index (κ3) is 66.3. The highest BCUT2D eigenvalue weighted by atomic mass is 16.6. The van der Waals surface area contributed by atoms with Crippen molar-refractivity contribution in [3.8, 4) is 0 Å². The molecular weight excluding hydrogens is 973 g/mol. The lowest BCUT2D eigenvalue weighted by Crippen LogP contribution is -2.30. The summed E-state index contributed by atoms with van der Waals surface area (Å²) in [6.07, 6.45) is 85.1. The van der Waals surface area contributed by atoms with E-state index in [2.05, 4.69) is 57.2 Å². The molecule has 0 rings (SSSR count). The van der Waals surface area contributed by atoms with Gasteiger partial charge in [-0.1, -0.05) is 353 Å². The van der Waals surface area contributed by atoms with Gasteiger partial charge in [-0.25, -0.2) is 0 Å². The lowest BCUT2D eigenvalue weighted by molar-refractivity contribution is -0.167. The van der Waals surface area contributed by atoms with Gasteiger partial charge in [-0.15, -0.1) is 0 Å². The maximum Gasteiger partial charge on any atom is 0.306 e. The van der Waals surface area contributed by atoms with Gasteiger partial charge in [0, 0.05) is 19.3 Å². The van der Waals surface area contributed by atoms with E-state index in [0.29, 0.717) is 19.3 Å². The highest BCUT2D eigenvalue weighted by Gasteiger charge is 2.19. The predicted octanol–water partition coefficient (Wildman–Crippen LogP) is 24.3. The van der Waals surface area contributed by atoms with Gasteiger partial charge in [0.05, 0.1) is 0 Å². The molecular formula is C73H136O6. The highest BCUT2D eigenvalue weighted by Crippen LogP contribution is 2.19. The second-order valence-electron chi connectivity index (χ2n) is 24.2. The summed E-state index contributed by atoms with van der Waals surface area (Å²) in [6, 6.07) is 0. The van der Waals surface area contributed by atoms with E-state index in [-0.39, 0.29) is 31.1 Å². The summed E-state index contributed by atoms with van der Waals surface area (Å²) in [7, 11) is 0. The molecule has 0 bridgehead atoms. The zero-order valence-corrected chi connectivity index (χ0v) is 53.4. The topological polar surface area (TPSA) is 78.9 Å². The van der Waals surface area contributed by atoms with Crippen LogP contribution >= 0.6 is 0 Å². The average molecular weight is 1110 g/mol. The highest BCUT2D eigenvalue weighted by molar-refractivity contribution is 5.71. The Labute approximate surface area is 493 Å². The summed E-state index contributed by atoms with van der Waals surface area (Å²) in [5.74, 6) is -0.848. The molecule has 0 radical (unpaired) electrons. The van der Waals surface area contributed by atoms with E-state index in [9.17, 15) is 14.4 Å². The van der Waals surface area contributed by atoms with Gasteiger partial charge in [-0.2, -0.15) is 0 Å². The zero-order valence-electron chi connectivity index (χ0n) is 53.4. The Balaban J connectivity index is 3.94. The minimum atomic E-state index is -0.765. The molecule has 0 heterocycles. The van der Waals surface area contributed by atoms with Crippen LogP contribution < -0.4 is 0 Å². The Morgan fingerprint density at radius 1 is 0.253 bits per heavy atom. The Bertz CT molecular complexity index is 1320. The van der Waals surface area contributed by atoms with Crippen LogP contribution in [0.2, 0.25) is 0 Å². The van der Waals surface area contributed by atoms with Crippen molar-refractivity contribution < 1.29 is 28.6 Å². The average Bonchev–Trinajstić information content (AvgIpc) is 3.45. The van der Waals surface area contributed by atoms with E-state index in [1.165, 1.54) is 283 Å². The van der Waals surface area contributed by atoms with Crippen molar-refractivity contribution in [2.45, 2.75) is 399 Å². The van der Waals surface area contributed by atoms with Crippen LogP contribution in [0, 0.1) is 0 Å². The van der Waals surface area contributed by atoms with Gasteiger partial charge < -0.3 is 14.2 Å². The van der Waals surface area contributed by atoms with Crippen molar-refractivity contribution in [2.75, 3.05) is 13.2 Å². The first-order valence-corrected chi connectivity index (χ1v) is 35.5. The van der Waals surface area contributed by atoms with Gasteiger partial charge in [0.2, 0.25) is 0 Å². The first kappa shape index (κ1) is 76.6. The summed E-state index contributed by atoms with van der Waals surface area (Å²) >= 11 is 0. The van der Waals surface area contributed by atoms with Crippen LogP contribution in [0.15, 0.2) is 36.5 Å². The first-order valence-electron chi connectivity index (χ1n) is 35.5. The smallest absolute Gasteiger partial charge is 0.306 e. The molecule has 0 spiro atoms. The summed E-state index contributed by atoms with van der Waals surface area (Å²) in [5.41, 5.74) is 0. The van der Waals surface area contributed by atoms with Gasteiger partial charge in [0.1, 0.15) is 13.2 Å². The monoisotopic (exact) mass is 1110 g/mol. The molecule has 0 aromatic heterocycles. The number of esters is 3. The van der Waals surface area contributed by atoms with Crippen LogP contribution in [0.5, 0.6) is 0 Å². The molecule has 1 unspecified atom stereocenters. The minimum Gasteiger partial charge on any atom is -0.462 e. The fraction of sp³-hybridized carbons (Fsp3) is 0.877. The van der Waals surface area contributed by atoms with Gasteiger partial charge >= 0.3 is 17.9 Å². The van der Waals surface area contributed by atoms with Crippen LogP contribution in [-0.4, -0.2) is 37.2 Å². The largest absolute Gasteiger partial charge is 0.462 e. The van der Waals surface area contributed by atoms with Gasteiger partial charge in [-0.3, -0.25) is 14.4 Å². The van der Waals surface area contributed by atoms with Crippen LogP contribution in [0.3, 0.4) is 0 Å². The molecule has 0 aliphatic heterocycles. The van der Waals surface area contributed by atoms with E-state index in [0.717, 1.165) is 70.6 Å². The number of rotatable bonds is 66. The molecule has 464 valence electrons. The van der Waals surface area contributed by atoms with E-state index >= 15 is 0 Å². The Morgan fingerprint density at radius 3 is 0.709 bits per heavy atom. The molecule has 6 nitrogen and oxygen atoms in total. The maximum absolute atomic E-state index is 12.9. The van der Waals surface area contributed by atoms with E-state index in [4.69, 9.17) is 14.2 Å². The normalized spacial score (nSPS) is 12.2. The van der Waals surface area contributed by atoms with Crippen LogP contribution in [0.1, 0.15) is 393 Å². The molecule has 0 aromatic rings. The second kappa shape index (κ2) is 68.1. The third-order valence-electron chi connectivity index (χ3n) is 16.1. The maximum atomic E-state index is 12.9. The number of unbranched alkanes of at least 4 members (excludes halogenated alkanes) is 49. The molecule has 0 saturated heterocycles. The molecule has 6 heteroatoms. The number of hydrogen-bond acceptors (Lipinski definition) is 6. The Kier molecular flexibility index (Phi) is 66.1. The number of carbonyl (C=O) groups excluding carboxylic acids is 3. The predicted molar refractivity (Wildman–Crippen MR) is 344 cm³/mol. The lowest BCUT2D eigenvalue weighted by Gasteiger charge is -2.18. The zero-order chi connectivity index (χ0) is 57.1. The second-order valence-corrected chi connectivity index (χ2v) is 24.2. The lowest BCUT2D eigenvalue weighted by atomic mass is 10.0. The third-order valence-corrected chi connectivity index (χ3v) is 16.1. The SMILES string of the molecule is CCCCCCC/C=C\C/C=C\C/C=C\CCCCCCCCCCCCCCCCCCCCC(=O)OCC(COC(=O)CCCCCCCC)OC(=O)CCCCCCCCCCCCCCCCCCCCCCCC. The summed E-state index contributed by atoms with van der Waals surface area (Å²) in [5, 5.41) is 0. The van der Waals surface area contributed by atoms with Crippen molar-refractivity contribution in [1.82, 2.24) is 0 Å². The number of allylic oxidation sites excluding steroid dienone is 6. The van der Waals surface area contributed by atoms with Crippen molar-refractivity contribution in [3.05, 3.63) is 36.5 Å². The van der Waals surface area contributed by atoms with Crippen LogP contribution in [0.4, 0.5) is 0 Å². The standard InChI is InChI=1S/C73H136O6/c1-4-7-10-13-16-18-20-22-24-26-28-30-32-33-34-35-36-37-38-39-40-41-42-44-45-47-49-51-53-55-57-60-63-66-72(75)78-69-70(68-77-71(74)65-62-59-15-12-9-6-3)79-73(76)67-64-61-58-56-54-52-50-48-46-43-31-29-27-25-23-21-19-17-14-11-8-5-2/h20,22,26,28,32-33,70H,4-19,21,23-25,27,29-31,34-69H2,1-3H3/b22-20-,28-26-,33-32-. The van der Waals surface area contributed by atoms with E-state index in [1.54, 1.807) is 0 Å². The molecule has 1 atom stereocenters. The number of hydrogen-bond donors (Lipinski definition) is 0. The van der Waals surface area contributed by atoms with Gasteiger partial charge in [-0.05, 0) is 57.8 Å². The fourth-order valence-corrected chi connectivity index (χ4v) is 10.8. The number of ether oxygens (including phenoxy) is 3. The molecule has 0 amide bonds. The molecule has 0 aliphatic carbocycles. The summed E-state index contributed by atoms with van der Waals surface area (Å²) in [4.78, 5) is 38.1. The quantitative estimate of drug-likeness (QED) is 0.0261. The molecule has 79 heavy (non-hydrogen) atoms. The molecule has 0 saturated carbocycles. The van der Waals surface area contributed by atoms with Crippen LogP contribution in [-0.2, 0) is 28.6 Å². The molecule has 0 aliphatic rings. The van der Waals surface area contributed by atoms with Crippen LogP contribution in [0.25, 0.3) is 0 Å². The van der Waals surface area contributed by atoms with Crippen molar-refractivity contribution in [2.24, 2.45) is 0 Å². The number of carbonyl (C=O) groups is 3. The summed E-state index contributed by atoms with van der Waals surface area (Å²) < 4.78 is 16.9.